The Morgan fingerprint density at radius 2 is 1.96 bits per heavy atom. The van der Waals surface area contributed by atoms with Crippen LogP contribution in [-0.4, -0.2) is 34.8 Å². The maximum Gasteiger partial charge on any atom is 0.229 e. The molecule has 1 fully saturated rings. The molecule has 1 saturated heterocycles. The van der Waals surface area contributed by atoms with Crippen LogP contribution >= 0.6 is 12.4 Å². The standard InChI is InChI=1S/C19H22N4O2.ClH/c20-17-9-8-16(12-21-17)22-19(25)15-7-4-10-23(13-15)18(24)11-14-5-2-1-3-6-14;/h1-3,5-6,8-9,12,15H,4,7,10-11,13H2,(H2,20,21)(H,22,25);1H. The van der Waals surface area contributed by atoms with Gasteiger partial charge in [0.2, 0.25) is 11.8 Å². The number of nitrogens with two attached hydrogens (primary N) is 1. The molecule has 1 unspecified atom stereocenters. The van der Waals surface area contributed by atoms with Gasteiger partial charge in [-0.05, 0) is 30.5 Å². The molecule has 1 atom stereocenters. The molecule has 2 aromatic rings. The number of nitrogens with zero attached hydrogens (tertiary/aromatic N) is 2. The highest BCUT2D eigenvalue weighted by molar-refractivity contribution is 5.93. The summed E-state index contributed by atoms with van der Waals surface area (Å²) in [7, 11) is 0. The maximum absolute atomic E-state index is 12.5. The highest BCUT2D eigenvalue weighted by Gasteiger charge is 2.28. The third-order valence-corrected chi connectivity index (χ3v) is 4.40. The van der Waals surface area contributed by atoms with Crippen LogP contribution in [0.5, 0.6) is 0 Å². The van der Waals surface area contributed by atoms with Crippen LogP contribution in [0.3, 0.4) is 0 Å². The zero-order valence-corrected chi connectivity index (χ0v) is 15.2. The number of hydrogen-bond donors (Lipinski definition) is 2. The fourth-order valence-corrected chi connectivity index (χ4v) is 3.02. The van der Waals surface area contributed by atoms with Crippen LogP contribution in [0.1, 0.15) is 18.4 Å². The quantitative estimate of drug-likeness (QED) is 0.860. The summed E-state index contributed by atoms with van der Waals surface area (Å²) < 4.78 is 0. The van der Waals surface area contributed by atoms with E-state index < -0.39 is 0 Å². The van der Waals surface area contributed by atoms with Gasteiger partial charge in [0, 0.05) is 13.1 Å². The first-order chi connectivity index (χ1) is 12.1. The summed E-state index contributed by atoms with van der Waals surface area (Å²) in [5, 5.41) is 2.85. The lowest BCUT2D eigenvalue weighted by Gasteiger charge is -2.32. The Morgan fingerprint density at radius 3 is 2.65 bits per heavy atom. The van der Waals surface area contributed by atoms with Gasteiger partial charge in [-0.25, -0.2) is 4.98 Å². The molecule has 26 heavy (non-hydrogen) atoms. The summed E-state index contributed by atoms with van der Waals surface area (Å²) in [4.78, 5) is 30.7. The van der Waals surface area contributed by atoms with Gasteiger partial charge in [-0.3, -0.25) is 9.59 Å². The van der Waals surface area contributed by atoms with Gasteiger partial charge in [0.05, 0.1) is 24.2 Å². The van der Waals surface area contributed by atoms with Crippen molar-refractivity contribution in [1.29, 1.82) is 0 Å². The van der Waals surface area contributed by atoms with Crippen molar-refractivity contribution in [1.82, 2.24) is 9.88 Å². The molecule has 1 aromatic carbocycles. The third kappa shape index (κ3) is 5.20. The lowest BCUT2D eigenvalue weighted by atomic mass is 9.96. The first kappa shape index (κ1) is 19.7. The molecule has 2 amide bonds. The van der Waals surface area contributed by atoms with Crippen molar-refractivity contribution in [2.24, 2.45) is 5.92 Å². The molecule has 1 aliphatic rings. The van der Waals surface area contributed by atoms with E-state index in [1.807, 2.05) is 30.3 Å². The average Bonchev–Trinajstić information content (AvgIpc) is 2.64. The van der Waals surface area contributed by atoms with Crippen LogP contribution < -0.4 is 11.1 Å². The number of likely N-dealkylation sites (tertiary alicyclic amines) is 1. The van der Waals surface area contributed by atoms with E-state index in [1.165, 1.54) is 6.20 Å². The van der Waals surface area contributed by atoms with Gasteiger partial charge in [0.25, 0.3) is 0 Å². The number of piperidine rings is 1. The second-order valence-corrected chi connectivity index (χ2v) is 6.30. The third-order valence-electron chi connectivity index (χ3n) is 4.40. The molecule has 0 spiro atoms. The van der Waals surface area contributed by atoms with Gasteiger partial charge < -0.3 is 16.0 Å². The Balaban J connectivity index is 0.00000243. The smallest absolute Gasteiger partial charge is 0.229 e. The van der Waals surface area contributed by atoms with Crippen LogP contribution in [0.2, 0.25) is 0 Å². The van der Waals surface area contributed by atoms with Crippen LogP contribution in [0.15, 0.2) is 48.7 Å². The largest absolute Gasteiger partial charge is 0.384 e. The molecule has 2 heterocycles. The molecule has 7 heteroatoms. The van der Waals surface area contributed by atoms with E-state index in [9.17, 15) is 9.59 Å². The van der Waals surface area contributed by atoms with Crippen LogP contribution in [0, 0.1) is 5.92 Å². The molecule has 0 saturated carbocycles. The van der Waals surface area contributed by atoms with Crippen molar-refractivity contribution < 1.29 is 9.59 Å². The zero-order chi connectivity index (χ0) is 17.6. The van der Waals surface area contributed by atoms with E-state index in [0.29, 0.717) is 31.0 Å². The number of nitrogens with one attached hydrogen (secondary N) is 1. The number of carbonyl (C=O) groups is 2. The fourth-order valence-electron chi connectivity index (χ4n) is 3.02. The number of hydrogen-bond acceptors (Lipinski definition) is 4. The minimum atomic E-state index is -0.203. The van der Waals surface area contributed by atoms with Gasteiger partial charge in [-0.15, -0.1) is 12.4 Å². The summed E-state index contributed by atoms with van der Waals surface area (Å²) in [5.74, 6) is 0.195. The minimum absolute atomic E-state index is 0. The summed E-state index contributed by atoms with van der Waals surface area (Å²) in [6.45, 7) is 1.17. The predicted molar refractivity (Wildman–Crippen MR) is 104 cm³/mol. The molecule has 3 N–H and O–H groups in total. The van der Waals surface area contributed by atoms with Crippen LogP contribution in [-0.2, 0) is 16.0 Å². The van der Waals surface area contributed by atoms with E-state index in [0.717, 1.165) is 18.4 Å². The summed E-state index contributed by atoms with van der Waals surface area (Å²) in [5.41, 5.74) is 7.16. The molecule has 138 valence electrons. The van der Waals surface area contributed by atoms with Crippen molar-refractivity contribution >= 4 is 35.7 Å². The van der Waals surface area contributed by atoms with Gasteiger partial charge in [0.15, 0.2) is 0 Å². The van der Waals surface area contributed by atoms with Crippen LogP contribution in [0.25, 0.3) is 0 Å². The van der Waals surface area contributed by atoms with Gasteiger partial charge in [-0.1, -0.05) is 30.3 Å². The van der Waals surface area contributed by atoms with Crippen molar-refractivity contribution in [3.63, 3.8) is 0 Å². The van der Waals surface area contributed by atoms with E-state index in [2.05, 4.69) is 10.3 Å². The molecule has 0 radical (unpaired) electrons. The number of carbonyl (C=O) groups excluding carboxylic acids is 2. The molecule has 6 nitrogen and oxygen atoms in total. The lowest BCUT2D eigenvalue weighted by Crippen LogP contribution is -2.44. The average molecular weight is 375 g/mol. The van der Waals surface area contributed by atoms with Crippen molar-refractivity contribution in [3.05, 3.63) is 54.2 Å². The first-order valence-corrected chi connectivity index (χ1v) is 8.46. The summed E-state index contributed by atoms with van der Waals surface area (Å²) >= 11 is 0. The number of halogens is 1. The van der Waals surface area contributed by atoms with Crippen molar-refractivity contribution in [2.75, 3.05) is 24.1 Å². The molecule has 1 aliphatic heterocycles. The van der Waals surface area contributed by atoms with E-state index in [4.69, 9.17) is 5.73 Å². The fraction of sp³-hybridized carbons (Fsp3) is 0.316. The molecular weight excluding hydrogens is 352 g/mol. The Kier molecular flexibility index (Phi) is 6.97. The van der Waals surface area contributed by atoms with Crippen molar-refractivity contribution in [2.45, 2.75) is 19.3 Å². The number of nitrogen functional groups attached to an aromatic ring is 1. The number of anilines is 2. The highest BCUT2D eigenvalue weighted by atomic mass is 35.5. The molecule has 1 aromatic heterocycles. The van der Waals surface area contributed by atoms with Crippen molar-refractivity contribution in [3.8, 4) is 0 Å². The monoisotopic (exact) mass is 374 g/mol. The number of amides is 2. The first-order valence-electron chi connectivity index (χ1n) is 8.46. The Labute approximate surface area is 159 Å². The van der Waals surface area contributed by atoms with Gasteiger partial charge >= 0.3 is 0 Å². The lowest BCUT2D eigenvalue weighted by molar-refractivity contribution is -0.133. The second kappa shape index (κ2) is 9.20. The number of aromatic nitrogens is 1. The normalized spacial score (nSPS) is 16.5. The van der Waals surface area contributed by atoms with Crippen LogP contribution in [0.4, 0.5) is 11.5 Å². The molecule has 0 aliphatic carbocycles. The number of pyridine rings is 1. The molecular formula is C19H23ClN4O2. The Bertz CT molecular complexity index is 737. The maximum atomic E-state index is 12.5. The van der Waals surface area contributed by atoms with Gasteiger partial charge in [-0.2, -0.15) is 0 Å². The van der Waals surface area contributed by atoms with E-state index in [1.54, 1.807) is 17.0 Å². The SMILES string of the molecule is Cl.Nc1ccc(NC(=O)C2CCCN(C(=O)Cc3ccccc3)C2)cn1. The highest BCUT2D eigenvalue weighted by Crippen LogP contribution is 2.20. The number of benzene rings is 1. The number of rotatable bonds is 4. The van der Waals surface area contributed by atoms with E-state index >= 15 is 0 Å². The van der Waals surface area contributed by atoms with E-state index in [-0.39, 0.29) is 30.1 Å². The topological polar surface area (TPSA) is 88.3 Å². The molecule has 3 rings (SSSR count). The predicted octanol–water partition coefficient (Wildman–Crippen LogP) is 2.51. The Morgan fingerprint density at radius 1 is 1.19 bits per heavy atom. The second-order valence-electron chi connectivity index (χ2n) is 6.30. The molecule has 0 bridgehead atoms. The van der Waals surface area contributed by atoms with Gasteiger partial charge in [0.1, 0.15) is 5.82 Å². The minimum Gasteiger partial charge on any atom is -0.384 e. The summed E-state index contributed by atoms with van der Waals surface area (Å²) in [6.07, 6.45) is 3.52. The summed E-state index contributed by atoms with van der Waals surface area (Å²) in [6, 6.07) is 13.0. The zero-order valence-electron chi connectivity index (χ0n) is 14.4. The Hall–Kier alpha value is -2.60.